The van der Waals surface area contributed by atoms with Gasteiger partial charge in [-0.25, -0.2) is 8.42 Å². The normalized spacial score (nSPS) is 17.2. The Morgan fingerprint density at radius 3 is 2.93 bits per heavy atom. The summed E-state index contributed by atoms with van der Waals surface area (Å²) in [5.74, 6) is -0.209. The summed E-state index contributed by atoms with van der Waals surface area (Å²) in [7, 11) is -1.43. The molecule has 0 atom stereocenters. The van der Waals surface area contributed by atoms with E-state index in [4.69, 9.17) is 0 Å². The quantitative estimate of drug-likeness (QED) is 0.699. The van der Waals surface area contributed by atoms with Crippen molar-refractivity contribution in [2.45, 2.75) is 4.90 Å². The fourth-order valence-corrected chi connectivity index (χ4v) is 5.77. The van der Waals surface area contributed by atoms with Crippen LogP contribution in [0.15, 0.2) is 58.0 Å². The first kappa shape index (κ1) is 17.3. The summed E-state index contributed by atoms with van der Waals surface area (Å²) in [5.41, 5.74) is 3.20. The molecule has 1 amide bonds. The molecule has 3 heterocycles. The van der Waals surface area contributed by atoms with E-state index >= 15 is 0 Å². The van der Waals surface area contributed by atoms with E-state index in [2.05, 4.69) is 9.71 Å². The highest BCUT2D eigenvalue weighted by Gasteiger charge is 2.33. The van der Waals surface area contributed by atoms with E-state index in [-0.39, 0.29) is 11.7 Å². The number of nitrogens with zero attached hydrogens (tertiary/aromatic N) is 3. The van der Waals surface area contributed by atoms with Crippen LogP contribution in [0.2, 0.25) is 0 Å². The summed E-state index contributed by atoms with van der Waals surface area (Å²) in [6.45, 7) is 0.378. The molecule has 1 aromatic heterocycles. The lowest BCUT2D eigenvalue weighted by atomic mass is 10.1. The summed E-state index contributed by atoms with van der Waals surface area (Å²) < 4.78 is 29.3. The molecule has 5 rings (SSSR count). The summed E-state index contributed by atoms with van der Waals surface area (Å²) in [6.07, 6.45) is 1.96. The minimum absolute atomic E-state index is 0.000180. The maximum Gasteiger partial charge on any atom is 0.257 e. The molecule has 0 bridgehead atoms. The predicted molar refractivity (Wildman–Crippen MR) is 112 cm³/mol. The van der Waals surface area contributed by atoms with Crippen LogP contribution in [0.4, 0.5) is 11.4 Å². The van der Waals surface area contributed by atoms with Gasteiger partial charge in [0.2, 0.25) is 0 Å². The Bertz CT molecular complexity index is 1280. The number of aromatic nitrogens is 1. The monoisotopic (exact) mass is 412 g/mol. The summed E-state index contributed by atoms with van der Waals surface area (Å²) in [5, 5.41) is 4.41. The minimum Gasteiger partial charge on any atom is -0.350 e. The van der Waals surface area contributed by atoms with Gasteiger partial charge in [-0.3, -0.25) is 4.79 Å². The van der Waals surface area contributed by atoms with Gasteiger partial charge in [0.15, 0.2) is 5.17 Å². The molecule has 9 heteroatoms. The average molecular weight is 412 g/mol. The number of benzene rings is 2. The first-order valence-corrected chi connectivity index (χ1v) is 11.1. The minimum atomic E-state index is -3.40. The van der Waals surface area contributed by atoms with Crippen molar-refractivity contribution in [2.75, 3.05) is 22.5 Å². The Kier molecular flexibility index (Phi) is 3.78. The topological polar surface area (TPSA) is 83.8 Å². The number of carbonyl (C=O) groups excluding carboxylic acids is 1. The molecule has 142 valence electrons. The highest BCUT2D eigenvalue weighted by molar-refractivity contribution is 8.15. The van der Waals surface area contributed by atoms with E-state index in [1.807, 2.05) is 53.0 Å². The van der Waals surface area contributed by atoms with Gasteiger partial charge in [0.05, 0.1) is 17.1 Å². The molecule has 0 aliphatic carbocycles. The highest BCUT2D eigenvalue weighted by atomic mass is 32.2. The zero-order valence-electron chi connectivity index (χ0n) is 14.9. The SMILES string of the molecule is Cn1ccc2c(NC(=O)c3ccc4c(c3)SC3=NS(=O)(=O)CCN34)cccc21. The zero-order valence-corrected chi connectivity index (χ0v) is 16.5. The number of hydrogen-bond acceptors (Lipinski definition) is 5. The largest absolute Gasteiger partial charge is 0.350 e. The third-order valence-corrected chi connectivity index (χ3v) is 7.22. The van der Waals surface area contributed by atoms with Crippen molar-refractivity contribution in [3.05, 3.63) is 54.2 Å². The van der Waals surface area contributed by atoms with Crippen LogP contribution in [0.5, 0.6) is 0 Å². The molecule has 0 radical (unpaired) electrons. The van der Waals surface area contributed by atoms with E-state index in [1.165, 1.54) is 11.8 Å². The molecular weight excluding hydrogens is 396 g/mol. The molecular formula is C19H16N4O3S2. The van der Waals surface area contributed by atoms with Gasteiger partial charge in [-0.2, -0.15) is 0 Å². The van der Waals surface area contributed by atoms with Crippen molar-refractivity contribution >= 4 is 55.1 Å². The summed E-state index contributed by atoms with van der Waals surface area (Å²) >= 11 is 1.28. The number of thioether (sulfide) groups is 1. The van der Waals surface area contributed by atoms with Crippen LogP contribution in [0.25, 0.3) is 10.9 Å². The van der Waals surface area contributed by atoms with Gasteiger partial charge < -0.3 is 14.8 Å². The lowest BCUT2D eigenvalue weighted by molar-refractivity contribution is 0.102. The van der Waals surface area contributed by atoms with Crippen LogP contribution in [0.1, 0.15) is 10.4 Å². The fraction of sp³-hybridized carbons (Fsp3) is 0.158. The van der Waals surface area contributed by atoms with E-state index in [1.54, 1.807) is 12.1 Å². The third-order valence-electron chi connectivity index (χ3n) is 4.91. The van der Waals surface area contributed by atoms with Gasteiger partial charge in [-0.05, 0) is 48.2 Å². The van der Waals surface area contributed by atoms with E-state index < -0.39 is 10.0 Å². The Morgan fingerprint density at radius 2 is 2.07 bits per heavy atom. The lowest BCUT2D eigenvalue weighted by Gasteiger charge is -2.22. The standard InChI is InChI=1S/C19H16N4O3S2/c1-22-8-7-13-14(3-2-4-15(13)22)20-18(24)12-5-6-16-17(11-12)27-19-21-28(25,26)10-9-23(16)19/h2-8,11H,9-10H2,1H3,(H,20,24). The van der Waals surface area contributed by atoms with Crippen LogP contribution < -0.4 is 10.2 Å². The Labute approximate surface area is 166 Å². The molecule has 7 nitrogen and oxygen atoms in total. The van der Waals surface area contributed by atoms with Gasteiger partial charge in [0, 0.05) is 41.2 Å². The maximum atomic E-state index is 12.8. The molecule has 2 aliphatic heterocycles. The number of carbonyl (C=O) groups is 1. The van der Waals surface area contributed by atoms with E-state index in [0.717, 1.165) is 27.2 Å². The van der Waals surface area contributed by atoms with Crippen LogP contribution in [0.3, 0.4) is 0 Å². The number of amidine groups is 1. The zero-order chi connectivity index (χ0) is 19.5. The highest BCUT2D eigenvalue weighted by Crippen LogP contribution is 2.42. The third kappa shape index (κ3) is 2.78. The van der Waals surface area contributed by atoms with E-state index in [9.17, 15) is 13.2 Å². The molecule has 0 unspecified atom stereocenters. The van der Waals surface area contributed by atoms with Crippen LogP contribution in [-0.2, 0) is 17.1 Å². The first-order valence-electron chi connectivity index (χ1n) is 8.69. The molecule has 0 saturated heterocycles. The van der Waals surface area contributed by atoms with Crippen LogP contribution in [-0.4, -0.2) is 36.4 Å². The van der Waals surface area contributed by atoms with Crippen molar-refractivity contribution in [1.82, 2.24) is 4.57 Å². The van der Waals surface area contributed by atoms with Crippen molar-refractivity contribution in [3.8, 4) is 0 Å². The second kappa shape index (κ2) is 6.11. The second-order valence-corrected chi connectivity index (χ2v) is 9.48. The second-order valence-electron chi connectivity index (χ2n) is 6.72. The van der Waals surface area contributed by atoms with Gasteiger partial charge in [-0.15, -0.1) is 4.40 Å². The number of sulfonamides is 1. The number of fused-ring (bicyclic) bond motifs is 4. The molecule has 2 aliphatic rings. The van der Waals surface area contributed by atoms with Crippen molar-refractivity contribution in [2.24, 2.45) is 11.4 Å². The molecule has 2 aromatic carbocycles. The number of aryl methyl sites for hydroxylation is 1. The molecule has 28 heavy (non-hydrogen) atoms. The van der Waals surface area contributed by atoms with Crippen molar-refractivity contribution < 1.29 is 13.2 Å². The summed E-state index contributed by atoms with van der Waals surface area (Å²) in [4.78, 5) is 15.5. The molecule has 3 aromatic rings. The van der Waals surface area contributed by atoms with Gasteiger partial charge in [0.25, 0.3) is 15.9 Å². The lowest BCUT2D eigenvalue weighted by Crippen LogP contribution is -2.35. The number of hydrogen-bond donors (Lipinski definition) is 1. The Hall–Kier alpha value is -2.78. The number of amides is 1. The van der Waals surface area contributed by atoms with Crippen LogP contribution in [0, 0.1) is 0 Å². The maximum absolute atomic E-state index is 12.8. The molecule has 1 N–H and O–H groups in total. The average Bonchev–Trinajstić information content (AvgIpc) is 3.20. The number of rotatable bonds is 2. The van der Waals surface area contributed by atoms with Crippen LogP contribution >= 0.6 is 11.8 Å². The van der Waals surface area contributed by atoms with E-state index in [0.29, 0.717) is 17.3 Å². The Morgan fingerprint density at radius 1 is 1.21 bits per heavy atom. The van der Waals surface area contributed by atoms with Gasteiger partial charge in [-0.1, -0.05) is 6.07 Å². The summed E-state index contributed by atoms with van der Waals surface area (Å²) in [6, 6.07) is 13.2. The first-order chi connectivity index (χ1) is 13.4. The van der Waals surface area contributed by atoms with Gasteiger partial charge in [0.1, 0.15) is 0 Å². The Balaban J connectivity index is 1.45. The number of anilines is 2. The van der Waals surface area contributed by atoms with Crippen molar-refractivity contribution in [3.63, 3.8) is 0 Å². The van der Waals surface area contributed by atoms with Gasteiger partial charge >= 0.3 is 0 Å². The predicted octanol–water partition coefficient (Wildman–Crippen LogP) is 3.04. The molecule has 0 spiro atoms. The molecule has 0 fully saturated rings. The number of nitrogens with one attached hydrogen (secondary N) is 1. The smallest absolute Gasteiger partial charge is 0.257 e. The fourth-order valence-electron chi connectivity index (χ4n) is 3.48. The molecule has 0 saturated carbocycles. The van der Waals surface area contributed by atoms with Crippen molar-refractivity contribution in [1.29, 1.82) is 0 Å².